The molecule has 4 rings (SSSR count). The molecule has 0 fully saturated rings. The standard InChI is InChI=1S/C27H27ClN2O4/c1-33-24-15-19-12-13-30(17-20(19)16-25(24)34-2)27(32)23(14-18-8-4-3-5-9-18)29-26(31)21-10-6-7-11-22(21)28/h3-11,15-16,23H,12-14,17H2,1-2H3,(H,29,31). The second kappa shape index (κ2) is 10.6. The lowest BCUT2D eigenvalue weighted by atomic mass is 9.97. The van der Waals surface area contributed by atoms with Crippen LogP contribution in [0.3, 0.4) is 0 Å². The second-order valence-electron chi connectivity index (χ2n) is 8.18. The summed E-state index contributed by atoms with van der Waals surface area (Å²) >= 11 is 6.22. The number of nitrogens with zero attached hydrogens (tertiary/aromatic N) is 1. The molecule has 0 saturated heterocycles. The number of hydrogen-bond donors (Lipinski definition) is 1. The molecule has 6 nitrogen and oxygen atoms in total. The van der Waals surface area contributed by atoms with Gasteiger partial charge in [-0.3, -0.25) is 9.59 Å². The lowest BCUT2D eigenvalue weighted by Crippen LogP contribution is -2.51. The monoisotopic (exact) mass is 478 g/mol. The average Bonchev–Trinajstić information content (AvgIpc) is 2.87. The van der Waals surface area contributed by atoms with E-state index in [-0.39, 0.29) is 11.8 Å². The Balaban J connectivity index is 1.58. The third kappa shape index (κ3) is 5.18. The van der Waals surface area contributed by atoms with Crippen LogP contribution >= 0.6 is 11.6 Å². The number of methoxy groups -OCH3 is 2. The molecule has 176 valence electrons. The molecule has 0 spiro atoms. The SMILES string of the molecule is COc1cc2c(cc1OC)CN(C(=O)C(Cc1ccccc1)NC(=O)c1ccccc1Cl)CC2. The van der Waals surface area contributed by atoms with Crippen LogP contribution in [-0.2, 0) is 24.2 Å². The van der Waals surface area contributed by atoms with Gasteiger partial charge in [0, 0.05) is 19.5 Å². The summed E-state index contributed by atoms with van der Waals surface area (Å²) in [5.41, 5.74) is 3.44. The van der Waals surface area contributed by atoms with E-state index in [1.54, 1.807) is 43.4 Å². The lowest BCUT2D eigenvalue weighted by molar-refractivity contribution is -0.134. The minimum absolute atomic E-state index is 0.135. The fourth-order valence-electron chi connectivity index (χ4n) is 4.22. The first-order valence-electron chi connectivity index (χ1n) is 11.1. The van der Waals surface area contributed by atoms with E-state index < -0.39 is 6.04 Å². The molecule has 1 aliphatic rings. The molecular weight excluding hydrogens is 452 g/mol. The predicted octanol–water partition coefficient (Wildman–Crippen LogP) is 4.28. The number of halogens is 1. The first kappa shape index (κ1) is 23.6. The van der Waals surface area contributed by atoms with E-state index in [1.165, 1.54) is 0 Å². The number of rotatable bonds is 7. The predicted molar refractivity (Wildman–Crippen MR) is 132 cm³/mol. The Hall–Kier alpha value is -3.51. The zero-order chi connectivity index (χ0) is 24.1. The summed E-state index contributed by atoms with van der Waals surface area (Å²) in [6.07, 6.45) is 1.07. The van der Waals surface area contributed by atoms with Gasteiger partial charge in [0.1, 0.15) is 6.04 Å². The number of fused-ring (bicyclic) bond motifs is 1. The zero-order valence-electron chi connectivity index (χ0n) is 19.2. The molecule has 0 aliphatic carbocycles. The van der Waals surface area contributed by atoms with Gasteiger partial charge in [0.05, 0.1) is 24.8 Å². The van der Waals surface area contributed by atoms with E-state index in [0.717, 1.165) is 16.7 Å². The number of carbonyl (C=O) groups excluding carboxylic acids is 2. The maximum absolute atomic E-state index is 13.7. The van der Waals surface area contributed by atoms with Crippen LogP contribution < -0.4 is 14.8 Å². The van der Waals surface area contributed by atoms with Gasteiger partial charge < -0.3 is 19.7 Å². The van der Waals surface area contributed by atoms with Gasteiger partial charge in [0.15, 0.2) is 11.5 Å². The van der Waals surface area contributed by atoms with Crippen molar-refractivity contribution in [1.29, 1.82) is 0 Å². The van der Waals surface area contributed by atoms with E-state index in [2.05, 4.69) is 5.32 Å². The highest BCUT2D eigenvalue weighted by Crippen LogP contribution is 2.33. The molecule has 0 radical (unpaired) electrons. The topological polar surface area (TPSA) is 67.9 Å². The van der Waals surface area contributed by atoms with Gasteiger partial charge in [-0.05, 0) is 47.4 Å². The Morgan fingerprint density at radius 2 is 1.62 bits per heavy atom. The fraction of sp³-hybridized carbons (Fsp3) is 0.259. The number of carbonyl (C=O) groups is 2. The Labute approximate surface area is 204 Å². The highest BCUT2D eigenvalue weighted by Gasteiger charge is 2.30. The Morgan fingerprint density at radius 3 is 2.29 bits per heavy atom. The highest BCUT2D eigenvalue weighted by atomic mass is 35.5. The van der Waals surface area contributed by atoms with Crippen LogP contribution in [0.5, 0.6) is 11.5 Å². The van der Waals surface area contributed by atoms with Gasteiger partial charge in [-0.2, -0.15) is 0 Å². The van der Waals surface area contributed by atoms with E-state index in [0.29, 0.717) is 48.0 Å². The molecule has 2 amide bonds. The number of nitrogens with one attached hydrogen (secondary N) is 1. The summed E-state index contributed by atoms with van der Waals surface area (Å²) in [6.45, 7) is 0.982. The molecule has 0 saturated carbocycles. The van der Waals surface area contributed by atoms with Crippen molar-refractivity contribution in [2.24, 2.45) is 0 Å². The van der Waals surface area contributed by atoms with Crippen LogP contribution in [-0.4, -0.2) is 43.5 Å². The summed E-state index contributed by atoms with van der Waals surface area (Å²) < 4.78 is 10.9. The van der Waals surface area contributed by atoms with E-state index in [1.807, 2.05) is 42.5 Å². The minimum Gasteiger partial charge on any atom is -0.493 e. The Bertz CT molecular complexity index is 1180. The smallest absolute Gasteiger partial charge is 0.253 e. The van der Waals surface area contributed by atoms with Gasteiger partial charge in [-0.1, -0.05) is 54.1 Å². The van der Waals surface area contributed by atoms with Crippen molar-refractivity contribution in [2.75, 3.05) is 20.8 Å². The van der Waals surface area contributed by atoms with E-state index in [4.69, 9.17) is 21.1 Å². The maximum atomic E-state index is 13.7. The van der Waals surface area contributed by atoms with Crippen LogP contribution in [0.25, 0.3) is 0 Å². The molecule has 3 aromatic rings. The summed E-state index contributed by atoms with van der Waals surface area (Å²) in [4.78, 5) is 28.5. The van der Waals surface area contributed by atoms with Crippen molar-refractivity contribution >= 4 is 23.4 Å². The van der Waals surface area contributed by atoms with Crippen LogP contribution in [0, 0.1) is 0 Å². The second-order valence-corrected chi connectivity index (χ2v) is 8.59. The Kier molecular flexibility index (Phi) is 7.38. The summed E-state index contributed by atoms with van der Waals surface area (Å²) in [5, 5.41) is 3.27. The van der Waals surface area contributed by atoms with Crippen molar-refractivity contribution in [2.45, 2.75) is 25.4 Å². The van der Waals surface area contributed by atoms with Gasteiger partial charge in [-0.15, -0.1) is 0 Å². The van der Waals surface area contributed by atoms with Gasteiger partial charge in [0.25, 0.3) is 5.91 Å². The molecule has 0 aromatic heterocycles. The van der Waals surface area contributed by atoms with Crippen molar-refractivity contribution in [1.82, 2.24) is 10.2 Å². The van der Waals surface area contributed by atoms with Gasteiger partial charge in [0.2, 0.25) is 5.91 Å². The number of ether oxygens (including phenoxy) is 2. The average molecular weight is 479 g/mol. The van der Waals surface area contributed by atoms with Crippen LogP contribution in [0.2, 0.25) is 5.02 Å². The summed E-state index contributed by atoms with van der Waals surface area (Å²) in [7, 11) is 3.20. The largest absolute Gasteiger partial charge is 0.493 e. The molecular formula is C27H27ClN2O4. The molecule has 34 heavy (non-hydrogen) atoms. The van der Waals surface area contributed by atoms with Crippen molar-refractivity contribution in [3.8, 4) is 11.5 Å². The van der Waals surface area contributed by atoms with Crippen molar-refractivity contribution < 1.29 is 19.1 Å². The maximum Gasteiger partial charge on any atom is 0.253 e. The number of amides is 2. The summed E-state index contributed by atoms with van der Waals surface area (Å²) in [6, 6.07) is 19.6. The van der Waals surface area contributed by atoms with Crippen LogP contribution in [0.1, 0.15) is 27.0 Å². The van der Waals surface area contributed by atoms with Gasteiger partial charge in [-0.25, -0.2) is 0 Å². The van der Waals surface area contributed by atoms with Crippen molar-refractivity contribution in [3.05, 3.63) is 94.0 Å². The van der Waals surface area contributed by atoms with Crippen LogP contribution in [0.4, 0.5) is 0 Å². The molecule has 1 N–H and O–H groups in total. The molecule has 7 heteroatoms. The zero-order valence-corrected chi connectivity index (χ0v) is 20.0. The molecule has 1 unspecified atom stereocenters. The molecule has 1 aliphatic heterocycles. The highest BCUT2D eigenvalue weighted by molar-refractivity contribution is 6.33. The third-order valence-electron chi connectivity index (χ3n) is 6.03. The first-order chi connectivity index (χ1) is 16.5. The van der Waals surface area contributed by atoms with Crippen molar-refractivity contribution in [3.63, 3.8) is 0 Å². The summed E-state index contributed by atoms with van der Waals surface area (Å²) in [5.74, 6) is 0.798. The third-order valence-corrected chi connectivity index (χ3v) is 6.36. The first-order valence-corrected chi connectivity index (χ1v) is 11.5. The van der Waals surface area contributed by atoms with E-state index >= 15 is 0 Å². The molecule has 1 atom stereocenters. The normalized spacial score (nSPS) is 13.6. The lowest BCUT2D eigenvalue weighted by Gasteiger charge is -2.32. The Morgan fingerprint density at radius 1 is 0.971 bits per heavy atom. The number of hydrogen-bond acceptors (Lipinski definition) is 4. The fourth-order valence-corrected chi connectivity index (χ4v) is 4.44. The minimum atomic E-state index is -0.729. The van der Waals surface area contributed by atoms with E-state index in [9.17, 15) is 9.59 Å². The molecule has 3 aromatic carbocycles. The van der Waals surface area contributed by atoms with Gasteiger partial charge >= 0.3 is 0 Å². The number of benzene rings is 3. The molecule has 1 heterocycles. The van der Waals surface area contributed by atoms with Crippen LogP contribution in [0.15, 0.2) is 66.7 Å². The molecule has 0 bridgehead atoms. The quantitative estimate of drug-likeness (QED) is 0.550.